The Kier molecular flexibility index (Phi) is 3.50. The Morgan fingerprint density at radius 2 is 2.06 bits per heavy atom. The van der Waals surface area contributed by atoms with Gasteiger partial charge in [-0.3, -0.25) is 4.98 Å². The molecule has 0 amide bonds. The van der Waals surface area contributed by atoms with E-state index in [0.717, 1.165) is 16.7 Å². The topological polar surface area (TPSA) is 38.9 Å². The number of hydrogen-bond acceptors (Lipinski definition) is 3. The third kappa shape index (κ3) is 2.38. The van der Waals surface area contributed by atoms with Crippen molar-refractivity contribution in [1.82, 2.24) is 4.98 Å². The Morgan fingerprint density at radius 1 is 1.31 bits per heavy atom. The maximum absolute atomic E-state index is 6.12. The lowest BCUT2D eigenvalue weighted by Crippen LogP contribution is -2.11. The molecule has 0 saturated heterocycles. The van der Waals surface area contributed by atoms with Crippen molar-refractivity contribution in [3.63, 3.8) is 0 Å². The summed E-state index contributed by atoms with van der Waals surface area (Å²) in [5, 5.41) is 0. The monoisotopic (exact) mass is 272 g/mol. The Hall–Kier alpha value is -0.610. The number of halogens is 2. The zero-order chi connectivity index (χ0) is 11.7. The number of nitrogens with two attached hydrogens (primary N) is 1. The van der Waals surface area contributed by atoms with Crippen molar-refractivity contribution in [3.05, 3.63) is 49.9 Å². The number of rotatable bonds is 2. The SMILES string of the molecule is Cc1cncc(C(N)c2cc(Cl)sc2Cl)c1. The number of pyridine rings is 1. The Labute approximate surface area is 108 Å². The molecule has 2 aromatic rings. The summed E-state index contributed by atoms with van der Waals surface area (Å²) in [4.78, 5) is 4.11. The van der Waals surface area contributed by atoms with Gasteiger partial charge >= 0.3 is 0 Å². The summed E-state index contributed by atoms with van der Waals surface area (Å²) < 4.78 is 1.29. The minimum Gasteiger partial charge on any atom is -0.320 e. The second kappa shape index (κ2) is 4.72. The van der Waals surface area contributed by atoms with E-state index in [1.807, 2.05) is 19.1 Å². The molecule has 2 rings (SSSR count). The first-order valence-corrected chi connectivity index (χ1v) is 6.27. The van der Waals surface area contributed by atoms with Crippen LogP contribution in [-0.2, 0) is 0 Å². The fourth-order valence-electron chi connectivity index (χ4n) is 1.49. The number of hydrogen-bond donors (Lipinski definition) is 1. The fourth-order valence-corrected chi connectivity index (χ4v) is 3.04. The fraction of sp³-hybridized carbons (Fsp3) is 0.182. The Bertz CT molecular complexity index is 510. The summed E-state index contributed by atoms with van der Waals surface area (Å²) in [7, 11) is 0. The molecule has 2 aromatic heterocycles. The molecule has 0 aromatic carbocycles. The van der Waals surface area contributed by atoms with Gasteiger partial charge in [0, 0.05) is 18.0 Å². The first-order chi connectivity index (χ1) is 7.58. The van der Waals surface area contributed by atoms with Crippen LogP contribution in [0, 0.1) is 6.92 Å². The molecule has 2 nitrogen and oxygen atoms in total. The molecule has 0 radical (unpaired) electrons. The molecule has 2 N–H and O–H groups in total. The van der Waals surface area contributed by atoms with Crippen LogP contribution in [0.5, 0.6) is 0 Å². The molecule has 0 aliphatic heterocycles. The van der Waals surface area contributed by atoms with Gasteiger partial charge < -0.3 is 5.73 Å². The van der Waals surface area contributed by atoms with Crippen molar-refractivity contribution in [2.45, 2.75) is 13.0 Å². The van der Waals surface area contributed by atoms with E-state index >= 15 is 0 Å². The van der Waals surface area contributed by atoms with Crippen LogP contribution in [0.4, 0.5) is 0 Å². The average Bonchev–Trinajstić information content (AvgIpc) is 2.57. The predicted octanol–water partition coefficient (Wildman–Crippen LogP) is 3.81. The van der Waals surface area contributed by atoms with Crippen LogP contribution >= 0.6 is 34.5 Å². The van der Waals surface area contributed by atoms with Crippen LogP contribution in [0.2, 0.25) is 8.67 Å². The molecular weight excluding hydrogens is 263 g/mol. The summed E-state index contributed by atoms with van der Waals surface area (Å²) >= 11 is 13.3. The van der Waals surface area contributed by atoms with Crippen LogP contribution in [0.3, 0.4) is 0 Å². The summed E-state index contributed by atoms with van der Waals surface area (Å²) in [6, 6.07) is 3.53. The Morgan fingerprint density at radius 3 is 2.62 bits per heavy atom. The van der Waals surface area contributed by atoms with Crippen molar-refractivity contribution in [3.8, 4) is 0 Å². The first kappa shape index (κ1) is 11.9. The summed E-state index contributed by atoms with van der Waals surface area (Å²) in [5.74, 6) is 0. The van der Waals surface area contributed by atoms with Crippen molar-refractivity contribution in [2.24, 2.45) is 5.73 Å². The molecule has 0 fully saturated rings. The summed E-state index contributed by atoms with van der Waals surface area (Å²) in [5.41, 5.74) is 8.99. The van der Waals surface area contributed by atoms with E-state index in [2.05, 4.69) is 4.98 Å². The van der Waals surface area contributed by atoms with Crippen molar-refractivity contribution >= 4 is 34.5 Å². The molecule has 84 valence electrons. The third-order valence-electron chi connectivity index (χ3n) is 2.27. The maximum Gasteiger partial charge on any atom is 0.0995 e. The molecule has 0 aliphatic rings. The van der Waals surface area contributed by atoms with E-state index < -0.39 is 0 Å². The number of nitrogens with zero attached hydrogens (tertiary/aromatic N) is 1. The quantitative estimate of drug-likeness (QED) is 0.903. The zero-order valence-electron chi connectivity index (χ0n) is 8.58. The van der Waals surface area contributed by atoms with Crippen LogP contribution in [0.25, 0.3) is 0 Å². The van der Waals surface area contributed by atoms with Gasteiger partial charge in [0.25, 0.3) is 0 Å². The smallest absolute Gasteiger partial charge is 0.0995 e. The molecule has 1 atom stereocenters. The molecular formula is C11H10Cl2N2S. The van der Waals surface area contributed by atoms with Gasteiger partial charge in [-0.2, -0.15) is 0 Å². The predicted molar refractivity (Wildman–Crippen MR) is 69.3 cm³/mol. The highest BCUT2D eigenvalue weighted by molar-refractivity contribution is 7.20. The molecule has 5 heteroatoms. The van der Waals surface area contributed by atoms with Crippen molar-refractivity contribution < 1.29 is 0 Å². The van der Waals surface area contributed by atoms with Gasteiger partial charge in [0.15, 0.2) is 0 Å². The minimum atomic E-state index is -0.274. The highest BCUT2D eigenvalue weighted by Gasteiger charge is 2.15. The number of aryl methyl sites for hydroxylation is 1. The van der Waals surface area contributed by atoms with Gasteiger partial charge in [-0.1, -0.05) is 29.3 Å². The van der Waals surface area contributed by atoms with Crippen LogP contribution < -0.4 is 5.73 Å². The average molecular weight is 273 g/mol. The lowest BCUT2D eigenvalue weighted by atomic mass is 10.0. The largest absolute Gasteiger partial charge is 0.320 e. The molecule has 16 heavy (non-hydrogen) atoms. The minimum absolute atomic E-state index is 0.274. The standard InChI is InChI=1S/C11H10Cl2N2S/c1-6-2-7(5-15-4-6)10(14)8-3-9(12)16-11(8)13/h2-5,10H,14H2,1H3. The van der Waals surface area contributed by atoms with Gasteiger partial charge in [0.1, 0.15) is 0 Å². The molecule has 1 unspecified atom stereocenters. The molecule has 0 bridgehead atoms. The van der Waals surface area contributed by atoms with Crippen LogP contribution in [0.15, 0.2) is 24.5 Å². The highest BCUT2D eigenvalue weighted by Crippen LogP contribution is 2.36. The van der Waals surface area contributed by atoms with E-state index in [4.69, 9.17) is 28.9 Å². The van der Waals surface area contributed by atoms with E-state index in [-0.39, 0.29) is 6.04 Å². The normalized spacial score (nSPS) is 12.8. The van der Waals surface area contributed by atoms with Crippen molar-refractivity contribution in [1.29, 1.82) is 0 Å². The van der Waals surface area contributed by atoms with E-state index in [0.29, 0.717) is 8.67 Å². The number of aromatic nitrogens is 1. The molecule has 0 aliphatic carbocycles. The second-order valence-corrected chi connectivity index (χ2v) is 5.84. The van der Waals surface area contributed by atoms with E-state index in [1.165, 1.54) is 11.3 Å². The zero-order valence-corrected chi connectivity index (χ0v) is 10.9. The van der Waals surface area contributed by atoms with E-state index in [9.17, 15) is 0 Å². The van der Waals surface area contributed by atoms with Crippen molar-refractivity contribution in [2.75, 3.05) is 0 Å². The van der Waals surface area contributed by atoms with Crippen LogP contribution in [-0.4, -0.2) is 4.98 Å². The maximum atomic E-state index is 6.12. The van der Waals surface area contributed by atoms with Crippen LogP contribution in [0.1, 0.15) is 22.7 Å². The third-order valence-corrected chi connectivity index (χ3v) is 3.79. The Balaban J connectivity index is 2.38. The lowest BCUT2D eigenvalue weighted by Gasteiger charge is -2.11. The summed E-state index contributed by atoms with van der Waals surface area (Å²) in [6.45, 7) is 1.98. The number of thiophene rings is 1. The molecule has 2 heterocycles. The van der Waals surface area contributed by atoms with Gasteiger partial charge in [-0.15, -0.1) is 11.3 Å². The van der Waals surface area contributed by atoms with Gasteiger partial charge in [-0.25, -0.2) is 0 Å². The summed E-state index contributed by atoms with van der Waals surface area (Å²) in [6.07, 6.45) is 3.54. The van der Waals surface area contributed by atoms with Gasteiger partial charge in [0.2, 0.25) is 0 Å². The van der Waals surface area contributed by atoms with Gasteiger partial charge in [0.05, 0.1) is 14.7 Å². The lowest BCUT2D eigenvalue weighted by molar-refractivity contribution is 0.866. The van der Waals surface area contributed by atoms with Gasteiger partial charge in [-0.05, 0) is 24.1 Å². The second-order valence-electron chi connectivity index (χ2n) is 3.55. The molecule has 0 saturated carbocycles. The molecule has 0 spiro atoms. The highest BCUT2D eigenvalue weighted by atomic mass is 35.5. The first-order valence-electron chi connectivity index (χ1n) is 4.70. The van der Waals surface area contributed by atoms with E-state index in [1.54, 1.807) is 12.4 Å².